The summed E-state index contributed by atoms with van der Waals surface area (Å²) >= 11 is 0. The maximum Gasteiger partial charge on any atom is 0.373 e. The van der Waals surface area contributed by atoms with E-state index in [1.54, 1.807) is 6.92 Å². The first kappa shape index (κ1) is 19.1. The fraction of sp³-hybridized carbons (Fsp3) is 0.217. The van der Waals surface area contributed by atoms with Crippen molar-refractivity contribution in [3.05, 3.63) is 83.2 Å². The number of nitrogens with one attached hydrogen (secondary N) is 1. The van der Waals surface area contributed by atoms with Crippen molar-refractivity contribution in [1.29, 1.82) is 0 Å². The van der Waals surface area contributed by atoms with Gasteiger partial charge in [-0.25, -0.2) is 9.79 Å². The standard InChI is InChI=1S/C23H22N2O4/c1-23(27-12-13-28-23)22(26)29-21-20(15-18-10-6-3-7-11-18)24-16-19(25-21)14-17-8-4-2-5-9-17/h2-11,14-15,24H,12-13,16H2,1H3/b19-14-,20-15-. The van der Waals surface area contributed by atoms with Crippen molar-refractivity contribution >= 4 is 24.0 Å². The number of carbonyl (C=O) groups is 1. The number of hydrogen-bond acceptors (Lipinski definition) is 6. The van der Waals surface area contributed by atoms with Gasteiger partial charge in [0.25, 0.3) is 5.79 Å². The Morgan fingerprint density at radius 2 is 1.59 bits per heavy atom. The fourth-order valence-corrected chi connectivity index (χ4v) is 3.04. The van der Waals surface area contributed by atoms with Crippen LogP contribution in [0.25, 0.3) is 12.2 Å². The van der Waals surface area contributed by atoms with Crippen molar-refractivity contribution in [2.45, 2.75) is 12.7 Å². The predicted molar refractivity (Wildman–Crippen MR) is 111 cm³/mol. The molecule has 1 saturated heterocycles. The normalized spacial score (nSPS) is 20.9. The topological polar surface area (TPSA) is 69.2 Å². The van der Waals surface area contributed by atoms with Crippen LogP contribution in [-0.4, -0.2) is 37.4 Å². The molecule has 0 spiro atoms. The van der Waals surface area contributed by atoms with Gasteiger partial charge in [0, 0.05) is 6.92 Å². The van der Waals surface area contributed by atoms with Crippen LogP contribution in [0, 0.1) is 0 Å². The highest BCUT2D eigenvalue weighted by atomic mass is 16.8. The Kier molecular flexibility index (Phi) is 5.55. The van der Waals surface area contributed by atoms with Gasteiger partial charge in [-0.1, -0.05) is 60.7 Å². The van der Waals surface area contributed by atoms with Crippen LogP contribution in [0.2, 0.25) is 0 Å². The molecule has 0 bridgehead atoms. The molecule has 0 saturated carbocycles. The van der Waals surface area contributed by atoms with E-state index in [9.17, 15) is 4.79 Å². The lowest BCUT2D eigenvalue weighted by atomic mass is 10.1. The van der Waals surface area contributed by atoms with Crippen molar-refractivity contribution in [2.75, 3.05) is 19.8 Å². The van der Waals surface area contributed by atoms with Crippen molar-refractivity contribution in [2.24, 2.45) is 4.99 Å². The van der Waals surface area contributed by atoms with Crippen LogP contribution in [0.4, 0.5) is 0 Å². The summed E-state index contributed by atoms with van der Waals surface area (Å²) in [6.45, 7) is 2.77. The summed E-state index contributed by atoms with van der Waals surface area (Å²) in [7, 11) is 0. The molecule has 6 heteroatoms. The van der Waals surface area contributed by atoms with E-state index in [1.165, 1.54) is 0 Å². The van der Waals surface area contributed by atoms with Crippen LogP contribution >= 0.6 is 0 Å². The summed E-state index contributed by atoms with van der Waals surface area (Å²) in [5.41, 5.74) is 3.36. The number of aliphatic imine (C=N–C) groups is 1. The van der Waals surface area contributed by atoms with Crippen LogP contribution in [0.5, 0.6) is 0 Å². The molecule has 0 aliphatic carbocycles. The van der Waals surface area contributed by atoms with E-state index < -0.39 is 11.8 Å². The zero-order chi connectivity index (χ0) is 20.1. The lowest BCUT2D eigenvalue weighted by molar-refractivity contribution is -0.192. The van der Waals surface area contributed by atoms with Crippen molar-refractivity contribution < 1.29 is 19.0 Å². The van der Waals surface area contributed by atoms with E-state index in [4.69, 9.17) is 14.2 Å². The van der Waals surface area contributed by atoms with Gasteiger partial charge in [-0.05, 0) is 23.3 Å². The molecule has 0 amide bonds. The van der Waals surface area contributed by atoms with Crippen LogP contribution in [-0.2, 0) is 19.0 Å². The molecule has 6 nitrogen and oxygen atoms in total. The van der Waals surface area contributed by atoms with Crippen LogP contribution in [0.15, 0.2) is 77.1 Å². The fourth-order valence-electron chi connectivity index (χ4n) is 3.04. The van der Waals surface area contributed by atoms with E-state index in [2.05, 4.69) is 10.3 Å². The maximum atomic E-state index is 12.7. The molecule has 4 rings (SSSR count). The van der Waals surface area contributed by atoms with E-state index in [1.807, 2.05) is 72.8 Å². The van der Waals surface area contributed by atoms with E-state index in [0.717, 1.165) is 16.8 Å². The molecule has 29 heavy (non-hydrogen) atoms. The maximum absolute atomic E-state index is 12.7. The lowest BCUT2D eigenvalue weighted by Gasteiger charge is -2.24. The molecule has 2 aliphatic rings. The monoisotopic (exact) mass is 390 g/mol. The molecule has 1 N–H and O–H groups in total. The average Bonchev–Trinajstić information content (AvgIpc) is 3.19. The average molecular weight is 390 g/mol. The minimum atomic E-state index is -1.42. The first-order valence-corrected chi connectivity index (χ1v) is 9.48. The minimum absolute atomic E-state index is 0.188. The molecule has 0 atom stereocenters. The molecule has 2 heterocycles. The number of hydrogen-bond donors (Lipinski definition) is 1. The summed E-state index contributed by atoms with van der Waals surface area (Å²) in [5, 5.41) is 3.30. The SMILES string of the molecule is CC1(C(=O)OC2=NC(=C\c3ccccc3)/CN/C2=C\c2ccccc2)OCCO1. The number of rotatable bonds is 3. The van der Waals surface area contributed by atoms with E-state index >= 15 is 0 Å². The second-order valence-electron chi connectivity index (χ2n) is 6.82. The minimum Gasteiger partial charge on any atom is -0.401 e. The van der Waals surface area contributed by atoms with Gasteiger partial charge in [-0.3, -0.25) is 0 Å². The van der Waals surface area contributed by atoms with Gasteiger partial charge in [-0.2, -0.15) is 0 Å². The number of ether oxygens (including phenoxy) is 3. The van der Waals surface area contributed by atoms with Gasteiger partial charge in [0.15, 0.2) is 0 Å². The van der Waals surface area contributed by atoms with Crippen LogP contribution in [0.1, 0.15) is 18.1 Å². The third kappa shape index (κ3) is 4.62. The van der Waals surface area contributed by atoms with E-state index in [0.29, 0.717) is 25.5 Å². The highest BCUT2D eigenvalue weighted by Gasteiger charge is 2.42. The number of carbonyl (C=O) groups excluding carboxylic acids is 1. The Morgan fingerprint density at radius 1 is 1.00 bits per heavy atom. The highest BCUT2D eigenvalue weighted by molar-refractivity contribution is 6.05. The Bertz CT molecular complexity index is 959. The number of benzene rings is 2. The van der Waals surface area contributed by atoms with Gasteiger partial charge in [0.2, 0.25) is 5.90 Å². The highest BCUT2D eigenvalue weighted by Crippen LogP contribution is 2.23. The summed E-state index contributed by atoms with van der Waals surface area (Å²) in [4.78, 5) is 17.3. The lowest BCUT2D eigenvalue weighted by Crippen LogP contribution is -2.41. The molecular weight excluding hydrogens is 368 g/mol. The largest absolute Gasteiger partial charge is 0.401 e. The molecule has 0 aromatic heterocycles. The van der Waals surface area contributed by atoms with Gasteiger partial charge in [-0.15, -0.1) is 0 Å². The Morgan fingerprint density at radius 3 is 2.21 bits per heavy atom. The summed E-state index contributed by atoms with van der Waals surface area (Å²) in [5.74, 6) is -1.86. The van der Waals surface area contributed by atoms with Gasteiger partial charge in [0.1, 0.15) is 0 Å². The van der Waals surface area contributed by atoms with E-state index in [-0.39, 0.29) is 5.90 Å². The predicted octanol–water partition coefficient (Wildman–Crippen LogP) is 3.38. The van der Waals surface area contributed by atoms with Gasteiger partial charge >= 0.3 is 5.97 Å². The van der Waals surface area contributed by atoms with Crippen molar-refractivity contribution in [3.8, 4) is 0 Å². The first-order chi connectivity index (χ1) is 14.1. The molecule has 148 valence electrons. The van der Waals surface area contributed by atoms with Crippen molar-refractivity contribution in [1.82, 2.24) is 5.32 Å². The summed E-state index contributed by atoms with van der Waals surface area (Å²) in [6, 6.07) is 19.6. The van der Waals surface area contributed by atoms with Crippen molar-refractivity contribution in [3.63, 3.8) is 0 Å². The Hall–Kier alpha value is -3.22. The molecule has 0 radical (unpaired) electrons. The van der Waals surface area contributed by atoms with Crippen LogP contribution < -0.4 is 5.32 Å². The molecule has 2 aromatic rings. The molecule has 0 unspecified atom stereocenters. The van der Waals surface area contributed by atoms with Gasteiger partial charge in [0.05, 0.1) is 31.2 Å². The molecular formula is C23H22N2O4. The second kappa shape index (κ2) is 8.43. The second-order valence-corrected chi connectivity index (χ2v) is 6.82. The number of nitrogens with zero attached hydrogens (tertiary/aromatic N) is 1. The van der Waals surface area contributed by atoms with Crippen LogP contribution in [0.3, 0.4) is 0 Å². The smallest absolute Gasteiger partial charge is 0.373 e. The summed E-state index contributed by atoms with van der Waals surface area (Å²) in [6.07, 6.45) is 3.84. The molecule has 2 aromatic carbocycles. The van der Waals surface area contributed by atoms with Gasteiger partial charge < -0.3 is 19.5 Å². The zero-order valence-corrected chi connectivity index (χ0v) is 16.1. The quantitative estimate of drug-likeness (QED) is 0.814. The third-order valence-corrected chi connectivity index (χ3v) is 4.58. The summed E-state index contributed by atoms with van der Waals surface area (Å²) < 4.78 is 16.4. The zero-order valence-electron chi connectivity index (χ0n) is 16.1. The first-order valence-electron chi connectivity index (χ1n) is 9.48. The molecule has 1 fully saturated rings. The molecule has 2 aliphatic heterocycles. The third-order valence-electron chi connectivity index (χ3n) is 4.58. The number of esters is 1. The Balaban J connectivity index is 1.65. The Labute approximate surface area is 169 Å².